The van der Waals surface area contributed by atoms with Gasteiger partial charge in [-0.3, -0.25) is 0 Å². The van der Waals surface area contributed by atoms with Crippen molar-refractivity contribution in [2.24, 2.45) is 11.3 Å². The monoisotopic (exact) mass is 609 g/mol. The average Bonchev–Trinajstić information content (AvgIpc) is 3.73. The van der Waals surface area contributed by atoms with E-state index >= 15 is 0 Å². The van der Waals surface area contributed by atoms with Gasteiger partial charge in [0.1, 0.15) is 17.7 Å². The van der Waals surface area contributed by atoms with Gasteiger partial charge in [-0.25, -0.2) is 19.2 Å². The van der Waals surface area contributed by atoms with Gasteiger partial charge in [0.05, 0.1) is 12.3 Å². The van der Waals surface area contributed by atoms with Gasteiger partial charge in [0, 0.05) is 43.7 Å². The molecular formula is C34H48FN5O4. The molecule has 10 heteroatoms. The van der Waals surface area contributed by atoms with Crippen LogP contribution in [0.2, 0.25) is 0 Å². The molecule has 44 heavy (non-hydrogen) atoms. The third kappa shape index (κ3) is 7.73. The minimum Gasteiger partial charge on any atom is -0.486 e. The van der Waals surface area contributed by atoms with Crippen molar-refractivity contribution in [2.45, 2.75) is 103 Å². The molecule has 240 valence electrons. The number of alkyl carbamates (subject to hydrolysis) is 1. The summed E-state index contributed by atoms with van der Waals surface area (Å²) in [5.74, 6) is 2.60. The van der Waals surface area contributed by atoms with Crippen LogP contribution in [-0.4, -0.2) is 71.4 Å². The van der Waals surface area contributed by atoms with Crippen LogP contribution in [0.3, 0.4) is 0 Å². The van der Waals surface area contributed by atoms with Gasteiger partial charge in [-0.15, -0.1) is 0 Å². The number of aromatic nitrogens is 2. The SMILES string of the molecule is CC(C)(C)OC(=O)N[C@H]1CC[C@H](CN2CCC3(CCN(c4ncncc4Oc4ccc(F)cc4OC4CCCC4)C3)C2)CC1. The molecule has 1 spiro atoms. The zero-order valence-electron chi connectivity index (χ0n) is 26.5. The number of rotatable bonds is 8. The molecule has 4 aliphatic rings. The molecule has 1 atom stereocenters. The van der Waals surface area contributed by atoms with E-state index < -0.39 is 5.60 Å². The second-order valence-electron chi connectivity index (χ2n) is 14.4. The lowest BCUT2D eigenvalue weighted by Gasteiger charge is -2.32. The van der Waals surface area contributed by atoms with Crippen LogP contribution in [-0.2, 0) is 4.74 Å². The number of hydrogen-bond donors (Lipinski definition) is 1. The number of nitrogens with zero attached hydrogens (tertiary/aromatic N) is 4. The number of hydrogen-bond acceptors (Lipinski definition) is 8. The van der Waals surface area contributed by atoms with E-state index in [1.54, 1.807) is 18.6 Å². The Balaban J connectivity index is 1.02. The van der Waals surface area contributed by atoms with Crippen molar-refractivity contribution in [1.29, 1.82) is 0 Å². The molecule has 2 aromatic rings. The normalized spacial score (nSPS) is 26.3. The highest BCUT2D eigenvalue weighted by Gasteiger charge is 2.45. The Bertz CT molecular complexity index is 1290. The first-order valence-electron chi connectivity index (χ1n) is 16.5. The highest BCUT2D eigenvalue weighted by molar-refractivity contribution is 5.68. The zero-order valence-corrected chi connectivity index (χ0v) is 26.5. The molecule has 1 aromatic carbocycles. The molecule has 1 unspecified atom stereocenters. The van der Waals surface area contributed by atoms with Crippen molar-refractivity contribution < 1.29 is 23.4 Å². The molecule has 3 heterocycles. The highest BCUT2D eigenvalue weighted by Crippen LogP contribution is 2.44. The highest BCUT2D eigenvalue weighted by atomic mass is 19.1. The lowest BCUT2D eigenvalue weighted by atomic mass is 9.85. The maximum absolute atomic E-state index is 14.2. The lowest BCUT2D eigenvalue weighted by Crippen LogP contribution is -2.42. The minimum atomic E-state index is -0.472. The summed E-state index contributed by atoms with van der Waals surface area (Å²) in [6, 6.07) is 4.66. The predicted molar refractivity (Wildman–Crippen MR) is 167 cm³/mol. The second kappa shape index (κ2) is 13.1. The fourth-order valence-corrected chi connectivity index (χ4v) is 7.54. The standard InChI is InChI=1S/C34H48FN5O4/c1-33(2,3)44-32(41)38-26-11-8-24(9-12-26)20-39-16-14-34(21-39)15-17-40(22-34)31-30(19-36-23-37-31)43-28-13-10-25(35)18-29(28)42-27-6-4-5-7-27/h10,13,18-19,23-24,26-27H,4-9,11-12,14-17,20-22H2,1-3H3,(H,38,41)/t24-,26-,34?. The largest absolute Gasteiger partial charge is 0.486 e. The van der Waals surface area contributed by atoms with Crippen molar-refractivity contribution in [3.8, 4) is 17.2 Å². The number of ether oxygens (including phenoxy) is 3. The summed E-state index contributed by atoms with van der Waals surface area (Å²) in [6.07, 6.45) is 13.9. The maximum Gasteiger partial charge on any atom is 0.407 e. The van der Waals surface area contributed by atoms with Crippen LogP contribution in [0.1, 0.15) is 85.0 Å². The lowest BCUT2D eigenvalue weighted by molar-refractivity contribution is 0.0484. The molecule has 4 fully saturated rings. The number of halogens is 1. The Morgan fingerprint density at radius 3 is 2.57 bits per heavy atom. The molecule has 1 aromatic heterocycles. The molecule has 2 saturated carbocycles. The van der Waals surface area contributed by atoms with E-state index in [0.717, 1.165) is 96.3 Å². The van der Waals surface area contributed by atoms with Crippen LogP contribution in [0.5, 0.6) is 17.2 Å². The molecule has 2 aliphatic carbocycles. The molecule has 0 bridgehead atoms. The number of amides is 1. The van der Waals surface area contributed by atoms with Crippen molar-refractivity contribution >= 4 is 11.9 Å². The Kier molecular flexibility index (Phi) is 9.17. The molecular weight excluding hydrogens is 561 g/mol. The van der Waals surface area contributed by atoms with Crippen molar-refractivity contribution in [3.05, 3.63) is 36.5 Å². The van der Waals surface area contributed by atoms with E-state index in [1.165, 1.54) is 18.6 Å². The van der Waals surface area contributed by atoms with Crippen molar-refractivity contribution in [1.82, 2.24) is 20.2 Å². The first-order valence-corrected chi connectivity index (χ1v) is 16.5. The summed E-state index contributed by atoms with van der Waals surface area (Å²) < 4.78 is 32.1. The van der Waals surface area contributed by atoms with Crippen LogP contribution in [0.25, 0.3) is 0 Å². The number of anilines is 1. The van der Waals surface area contributed by atoms with E-state index in [4.69, 9.17) is 14.2 Å². The molecule has 9 nitrogen and oxygen atoms in total. The summed E-state index contributed by atoms with van der Waals surface area (Å²) in [7, 11) is 0. The van der Waals surface area contributed by atoms with Gasteiger partial charge in [-0.05, 0) is 110 Å². The van der Waals surface area contributed by atoms with E-state index in [-0.39, 0.29) is 29.5 Å². The summed E-state index contributed by atoms with van der Waals surface area (Å²) >= 11 is 0. The minimum absolute atomic E-state index is 0.0957. The van der Waals surface area contributed by atoms with Crippen molar-refractivity contribution in [2.75, 3.05) is 37.6 Å². The fourth-order valence-electron chi connectivity index (χ4n) is 7.54. The van der Waals surface area contributed by atoms with Gasteiger partial charge in [0.25, 0.3) is 0 Å². The maximum atomic E-state index is 14.2. The number of nitrogens with one attached hydrogen (secondary N) is 1. The van der Waals surface area contributed by atoms with Crippen molar-refractivity contribution in [3.63, 3.8) is 0 Å². The zero-order chi connectivity index (χ0) is 30.7. The number of carbonyl (C=O) groups excluding carboxylic acids is 1. The van der Waals surface area contributed by atoms with Gasteiger partial charge in [0.15, 0.2) is 23.1 Å². The first kappa shape index (κ1) is 30.9. The van der Waals surface area contributed by atoms with Gasteiger partial charge in [-0.1, -0.05) is 0 Å². The van der Waals surface area contributed by atoms with Crippen LogP contribution in [0, 0.1) is 17.2 Å². The third-order valence-corrected chi connectivity index (χ3v) is 9.72. The quantitative estimate of drug-likeness (QED) is 0.353. The summed E-state index contributed by atoms with van der Waals surface area (Å²) in [5, 5.41) is 3.07. The van der Waals surface area contributed by atoms with Gasteiger partial charge < -0.3 is 29.3 Å². The molecule has 2 saturated heterocycles. The molecule has 0 radical (unpaired) electrons. The van der Waals surface area contributed by atoms with Crippen LogP contribution < -0.4 is 19.7 Å². The van der Waals surface area contributed by atoms with Gasteiger partial charge in [-0.2, -0.15) is 0 Å². The van der Waals surface area contributed by atoms with Crippen LogP contribution in [0.15, 0.2) is 30.7 Å². The summed E-state index contributed by atoms with van der Waals surface area (Å²) in [6.45, 7) is 10.9. The van der Waals surface area contributed by atoms with Gasteiger partial charge in [0.2, 0.25) is 0 Å². The Morgan fingerprint density at radius 1 is 1.02 bits per heavy atom. The van der Waals surface area contributed by atoms with Crippen LogP contribution in [0.4, 0.5) is 15.0 Å². The summed E-state index contributed by atoms with van der Waals surface area (Å²) in [4.78, 5) is 26.1. The third-order valence-electron chi connectivity index (χ3n) is 9.72. The van der Waals surface area contributed by atoms with E-state index in [9.17, 15) is 9.18 Å². The van der Waals surface area contributed by atoms with E-state index in [2.05, 4.69) is 25.1 Å². The predicted octanol–water partition coefficient (Wildman–Crippen LogP) is 6.72. The second-order valence-corrected chi connectivity index (χ2v) is 14.4. The summed E-state index contributed by atoms with van der Waals surface area (Å²) in [5.41, 5.74) is -0.231. The topological polar surface area (TPSA) is 89.1 Å². The average molecular weight is 610 g/mol. The molecule has 2 aliphatic heterocycles. The Labute approximate surface area is 260 Å². The molecule has 1 amide bonds. The number of likely N-dealkylation sites (tertiary alicyclic amines) is 1. The first-order chi connectivity index (χ1) is 21.1. The Morgan fingerprint density at radius 2 is 1.80 bits per heavy atom. The Hall–Kier alpha value is -3.14. The molecule has 6 rings (SSSR count). The van der Waals surface area contributed by atoms with E-state index in [1.807, 2.05) is 20.8 Å². The van der Waals surface area contributed by atoms with E-state index in [0.29, 0.717) is 23.2 Å². The number of carbonyl (C=O) groups is 1. The molecule has 1 N–H and O–H groups in total. The number of benzene rings is 1. The fraction of sp³-hybridized carbons (Fsp3) is 0.676. The van der Waals surface area contributed by atoms with Crippen LogP contribution >= 0.6 is 0 Å². The van der Waals surface area contributed by atoms with Gasteiger partial charge >= 0.3 is 6.09 Å². The smallest absolute Gasteiger partial charge is 0.407 e.